The van der Waals surface area contributed by atoms with Crippen molar-refractivity contribution in [2.45, 2.75) is 0 Å². The third-order valence-corrected chi connectivity index (χ3v) is 2.56. The first-order valence-electron chi connectivity index (χ1n) is 5.33. The summed E-state index contributed by atoms with van der Waals surface area (Å²) in [5.74, 6) is 0.489. The molecular weight excluding hydrogens is 229 g/mol. The van der Waals surface area contributed by atoms with Gasteiger partial charge in [-0.3, -0.25) is 0 Å². The van der Waals surface area contributed by atoms with E-state index < -0.39 is 7.12 Å². The lowest BCUT2D eigenvalue weighted by Gasteiger charge is -2.04. The van der Waals surface area contributed by atoms with E-state index in [2.05, 4.69) is 4.74 Å². The van der Waals surface area contributed by atoms with Crippen molar-refractivity contribution in [3.05, 3.63) is 48.5 Å². The zero-order valence-corrected chi connectivity index (χ0v) is 9.45. The number of hydrogen-bond acceptors (Lipinski definition) is 4. The van der Waals surface area contributed by atoms with Crippen LogP contribution in [0.15, 0.2) is 48.5 Å². The molecule has 0 aliphatic heterocycles. The van der Waals surface area contributed by atoms with Crippen LogP contribution in [0.2, 0.25) is 0 Å². The van der Waals surface area contributed by atoms with E-state index in [1.165, 1.54) is 0 Å². The molecule has 2 aromatic carbocycles. The van der Waals surface area contributed by atoms with Gasteiger partial charge in [0.25, 0.3) is 6.26 Å². The normalized spacial score (nSPS) is 9.61. The zero-order valence-electron chi connectivity index (χ0n) is 9.45. The van der Waals surface area contributed by atoms with E-state index in [1.54, 1.807) is 42.7 Å². The maximum Gasteiger partial charge on any atom is 0.488 e. The largest absolute Gasteiger partial charge is 0.488 e. The Morgan fingerprint density at radius 1 is 0.889 bits per heavy atom. The number of benzene rings is 2. The Balaban J connectivity index is 2.23. The van der Waals surface area contributed by atoms with Crippen LogP contribution in [0, 0.1) is 11.5 Å². The minimum Gasteiger partial charge on any atom is -0.423 e. The summed E-state index contributed by atoms with van der Waals surface area (Å²) in [4.78, 5) is 0. The molecule has 18 heavy (non-hydrogen) atoms. The molecule has 0 saturated carbocycles. The molecule has 2 N–H and O–H groups in total. The molecule has 0 bridgehead atoms. The fourth-order valence-corrected chi connectivity index (χ4v) is 1.62. The van der Waals surface area contributed by atoms with Crippen LogP contribution in [0.1, 0.15) is 0 Å². The summed E-state index contributed by atoms with van der Waals surface area (Å²) in [5, 5.41) is 26.3. The molecule has 4 nitrogen and oxygen atoms in total. The molecule has 0 fully saturated rings. The molecule has 0 atom stereocenters. The molecule has 5 heteroatoms. The van der Waals surface area contributed by atoms with Gasteiger partial charge in [0.1, 0.15) is 5.75 Å². The van der Waals surface area contributed by atoms with Gasteiger partial charge in [-0.25, -0.2) is 0 Å². The Hall–Kier alpha value is -2.29. The predicted molar refractivity (Wildman–Crippen MR) is 67.9 cm³/mol. The quantitative estimate of drug-likeness (QED) is 0.616. The summed E-state index contributed by atoms with van der Waals surface area (Å²) in [6, 6.07) is 14.0. The monoisotopic (exact) mass is 239 g/mol. The summed E-state index contributed by atoms with van der Waals surface area (Å²) in [6.07, 6.45) is 1.61. The van der Waals surface area contributed by atoms with E-state index in [0.29, 0.717) is 11.2 Å². The molecule has 0 unspecified atom stereocenters. The molecule has 0 heterocycles. The van der Waals surface area contributed by atoms with Gasteiger partial charge < -0.3 is 14.8 Å². The van der Waals surface area contributed by atoms with E-state index in [-0.39, 0.29) is 0 Å². The van der Waals surface area contributed by atoms with Crippen LogP contribution < -0.4 is 10.2 Å². The van der Waals surface area contributed by atoms with E-state index in [0.717, 1.165) is 11.1 Å². The van der Waals surface area contributed by atoms with Crippen molar-refractivity contribution in [2.75, 3.05) is 0 Å². The van der Waals surface area contributed by atoms with Gasteiger partial charge >= 0.3 is 7.12 Å². The molecule has 2 aromatic rings. The van der Waals surface area contributed by atoms with Crippen molar-refractivity contribution in [1.82, 2.24) is 0 Å². The average Bonchev–Trinajstić information content (AvgIpc) is 2.40. The van der Waals surface area contributed by atoms with Crippen molar-refractivity contribution >= 4 is 12.6 Å². The Kier molecular flexibility index (Phi) is 3.63. The highest BCUT2D eigenvalue weighted by molar-refractivity contribution is 6.58. The molecule has 0 radical (unpaired) electrons. The Morgan fingerprint density at radius 3 is 1.83 bits per heavy atom. The lowest BCUT2D eigenvalue weighted by molar-refractivity contribution is 0.426. The van der Waals surface area contributed by atoms with Gasteiger partial charge in [0.2, 0.25) is 0 Å². The van der Waals surface area contributed by atoms with E-state index in [9.17, 15) is 0 Å². The van der Waals surface area contributed by atoms with E-state index in [1.807, 2.05) is 12.1 Å². The Morgan fingerprint density at radius 2 is 1.39 bits per heavy atom. The van der Waals surface area contributed by atoms with Crippen LogP contribution in [0.25, 0.3) is 11.1 Å². The Bertz CT molecular complexity index is 558. The third-order valence-electron chi connectivity index (χ3n) is 2.56. The maximum absolute atomic E-state index is 8.99. The van der Waals surface area contributed by atoms with E-state index >= 15 is 0 Å². The highest BCUT2D eigenvalue weighted by atomic mass is 16.5. The second kappa shape index (κ2) is 5.36. The minimum absolute atomic E-state index is 0.447. The number of nitriles is 1. The van der Waals surface area contributed by atoms with Crippen molar-refractivity contribution in [1.29, 1.82) is 5.26 Å². The van der Waals surface area contributed by atoms with Crippen LogP contribution >= 0.6 is 0 Å². The topological polar surface area (TPSA) is 73.5 Å². The summed E-state index contributed by atoms with van der Waals surface area (Å²) in [6.45, 7) is 0. The first-order chi connectivity index (χ1) is 8.70. The first-order valence-corrected chi connectivity index (χ1v) is 5.33. The average molecular weight is 239 g/mol. The van der Waals surface area contributed by atoms with Gasteiger partial charge in [-0.05, 0) is 28.7 Å². The smallest absolute Gasteiger partial charge is 0.423 e. The van der Waals surface area contributed by atoms with Crippen LogP contribution in [-0.4, -0.2) is 17.2 Å². The van der Waals surface area contributed by atoms with Crippen LogP contribution in [0.3, 0.4) is 0 Å². The lowest BCUT2D eigenvalue weighted by Crippen LogP contribution is -2.29. The van der Waals surface area contributed by atoms with Crippen molar-refractivity contribution in [3.63, 3.8) is 0 Å². The molecule has 88 valence electrons. The number of hydrogen-bond donors (Lipinski definition) is 2. The van der Waals surface area contributed by atoms with E-state index in [4.69, 9.17) is 15.3 Å². The minimum atomic E-state index is -1.45. The fourth-order valence-electron chi connectivity index (χ4n) is 1.62. The van der Waals surface area contributed by atoms with Crippen LogP contribution in [-0.2, 0) is 0 Å². The first kappa shape index (κ1) is 12.2. The van der Waals surface area contributed by atoms with Crippen molar-refractivity contribution < 1.29 is 14.8 Å². The van der Waals surface area contributed by atoms with Gasteiger partial charge in [0.15, 0.2) is 0 Å². The highest BCUT2D eigenvalue weighted by Gasteiger charge is 2.09. The molecule has 0 aromatic heterocycles. The number of rotatable bonds is 3. The molecular formula is C13H10BNO3. The van der Waals surface area contributed by atoms with Gasteiger partial charge in [0, 0.05) is 0 Å². The molecule has 2 rings (SSSR count). The number of ether oxygens (including phenoxy) is 1. The maximum atomic E-state index is 8.99. The lowest BCUT2D eigenvalue weighted by atomic mass is 9.80. The molecule has 0 spiro atoms. The molecule has 0 amide bonds. The standard InChI is InChI=1S/C13H10BNO3/c15-9-18-13-7-3-11(4-8-13)10-1-5-12(6-2-10)14(16)17/h1-8,16-17H. The second-order valence-electron chi connectivity index (χ2n) is 3.71. The van der Waals surface area contributed by atoms with Crippen LogP contribution in [0.5, 0.6) is 5.75 Å². The molecule has 0 aliphatic rings. The summed E-state index contributed by atoms with van der Waals surface area (Å²) >= 11 is 0. The highest BCUT2D eigenvalue weighted by Crippen LogP contribution is 2.21. The van der Waals surface area contributed by atoms with Gasteiger partial charge in [-0.1, -0.05) is 36.4 Å². The predicted octanol–water partition coefficient (Wildman–Crippen LogP) is 0.893. The number of nitrogens with zero attached hydrogens (tertiary/aromatic N) is 1. The molecule has 0 saturated heterocycles. The van der Waals surface area contributed by atoms with Crippen molar-refractivity contribution in [3.8, 4) is 23.1 Å². The van der Waals surface area contributed by atoms with Gasteiger partial charge in [0.05, 0.1) is 0 Å². The van der Waals surface area contributed by atoms with Crippen molar-refractivity contribution in [2.24, 2.45) is 0 Å². The SMILES string of the molecule is N#COc1ccc(-c2ccc(B(O)O)cc2)cc1. The zero-order chi connectivity index (χ0) is 13.0. The van der Waals surface area contributed by atoms with Gasteiger partial charge in [-0.15, -0.1) is 5.26 Å². The third kappa shape index (κ3) is 2.69. The van der Waals surface area contributed by atoms with Crippen LogP contribution in [0.4, 0.5) is 0 Å². The van der Waals surface area contributed by atoms with Gasteiger partial charge in [-0.2, -0.15) is 0 Å². The Labute approximate surface area is 105 Å². The fraction of sp³-hybridized carbons (Fsp3) is 0. The second-order valence-corrected chi connectivity index (χ2v) is 3.71. The summed E-state index contributed by atoms with van der Waals surface area (Å²) < 4.78 is 4.69. The molecule has 0 aliphatic carbocycles. The summed E-state index contributed by atoms with van der Waals surface area (Å²) in [7, 11) is -1.45. The summed E-state index contributed by atoms with van der Waals surface area (Å²) in [5.41, 5.74) is 2.35.